The highest BCUT2D eigenvalue weighted by Gasteiger charge is 2.23. The highest BCUT2D eigenvalue weighted by atomic mass is 19.1. The molecule has 0 aliphatic rings. The van der Waals surface area contributed by atoms with Gasteiger partial charge in [-0.05, 0) is 31.0 Å². The molecule has 0 aliphatic heterocycles. The molecule has 0 bridgehead atoms. The zero-order valence-electron chi connectivity index (χ0n) is 18.1. The first-order valence-electron chi connectivity index (χ1n) is 9.87. The summed E-state index contributed by atoms with van der Waals surface area (Å²) in [4.78, 5) is 54.3. The minimum atomic E-state index is -0.862. The Morgan fingerprint density at radius 1 is 1.22 bits per heavy atom. The topological polar surface area (TPSA) is 126 Å². The second-order valence-electron chi connectivity index (χ2n) is 7.87. The van der Waals surface area contributed by atoms with Gasteiger partial charge >= 0.3 is 11.7 Å². The molecule has 2 N–H and O–H groups in total. The maximum Gasteiger partial charge on any atom is 0.340 e. The molecule has 2 heterocycles. The summed E-state index contributed by atoms with van der Waals surface area (Å²) < 4.78 is 20.4. The van der Waals surface area contributed by atoms with Gasteiger partial charge in [-0.25, -0.2) is 14.0 Å². The minimum Gasteiger partial charge on any atom is -0.454 e. The normalized spacial score (nSPS) is 11.2. The highest BCUT2D eigenvalue weighted by molar-refractivity contribution is 6.02. The molecule has 10 heteroatoms. The summed E-state index contributed by atoms with van der Waals surface area (Å²) in [7, 11) is 1.25. The number of aryl methyl sites for hydroxylation is 1. The first kappa shape index (κ1) is 22.9. The number of halogens is 1. The zero-order chi connectivity index (χ0) is 23.7. The van der Waals surface area contributed by atoms with Crippen LogP contribution >= 0.6 is 0 Å². The summed E-state index contributed by atoms with van der Waals surface area (Å²) in [5, 5.41) is 0.522. The van der Waals surface area contributed by atoms with E-state index in [1.165, 1.54) is 31.3 Å². The van der Waals surface area contributed by atoms with Crippen molar-refractivity contribution in [3.8, 4) is 0 Å². The number of nitrogens with two attached hydrogens (primary N) is 1. The summed E-state index contributed by atoms with van der Waals surface area (Å²) in [6.45, 7) is 4.72. The fourth-order valence-electron chi connectivity index (χ4n) is 3.31. The fraction of sp³-hybridized carbons (Fsp3) is 0.318. The number of nitrogen functional groups attached to an aromatic ring is 1. The molecule has 0 fully saturated rings. The van der Waals surface area contributed by atoms with Crippen molar-refractivity contribution in [1.29, 1.82) is 0 Å². The molecular formula is C22H23FN4O5. The van der Waals surface area contributed by atoms with Crippen LogP contribution in [0, 0.1) is 18.7 Å². The van der Waals surface area contributed by atoms with Crippen molar-refractivity contribution in [3.05, 3.63) is 67.7 Å². The van der Waals surface area contributed by atoms with Gasteiger partial charge < -0.3 is 10.5 Å². The average Bonchev–Trinajstić information content (AvgIpc) is 2.73. The second-order valence-corrected chi connectivity index (χ2v) is 7.87. The smallest absolute Gasteiger partial charge is 0.340 e. The average molecular weight is 442 g/mol. The van der Waals surface area contributed by atoms with E-state index in [4.69, 9.17) is 10.5 Å². The van der Waals surface area contributed by atoms with Crippen LogP contribution in [0.1, 0.15) is 40.3 Å². The number of hydrogen-bond acceptors (Lipinski definition) is 7. The van der Waals surface area contributed by atoms with Crippen LogP contribution in [0.5, 0.6) is 0 Å². The zero-order valence-corrected chi connectivity index (χ0v) is 18.1. The maximum absolute atomic E-state index is 13.4. The summed E-state index contributed by atoms with van der Waals surface area (Å²) in [5.41, 5.74) is 4.82. The van der Waals surface area contributed by atoms with Gasteiger partial charge in [-0.3, -0.25) is 23.7 Å². The number of ether oxygens (including phenoxy) is 1. The first-order valence-corrected chi connectivity index (χ1v) is 9.87. The molecule has 168 valence electrons. The number of esters is 1. The molecule has 0 radical (unpaired) electrons. The standard InChI is InChI=1S/C22H23FN4O5/c1-11(2)9-27-19(24)18(20(29)26(4)22(27)31)17(28)10-32-21(30)15-7-13-5-6-14(23)8-16(13)25-12(15)3/h5-8,11H,9-10,24H2,1-4H3. The Kier molecular flexibility index (Phi) is 6.24. The third-order valence-electron chi connectivity index (χ3n) is 4.93. The van der Waals surface area contributed by atoms with Crippen LogP contribution < -0.4 is 17.0 Å². The van der Waals surface area contributed by atoms with Crippen molar-refractivity contribution < 1.29 is 18.7 Å². The van der Waals surface area contributed by atoms with E-state index in [-0.39, 0.29) is 23.8 Å². The molecule has 2 aromatic heterocycles. The monoisotopic (exact) mass is 442 g/mol. The van der Waals surface area contributed by atoms with E-state index in [2.05, 4.69) is 4.98 Å². The molecule has 0 aliphatic carbocycles. The molecule has 3 rings (SSSR count). The molecule has 0 amide bonds. The number of aromatic nitrogens is 3. The van der Waals surface area contributed by atoms with Crippen molar-refractivity contribution >= 4 is 28.5 Å². The lowest BCUT2D eigenvalue weighted by atomic mass is 10.1. The Labute approximate surface area is 182 Å². The van der Waals surface area contributed by atoms with Crippen LogP contribution in [0.25, 0.3) is 10.9 Å². The number of carbonyl (C=O) groups excluding carboxylic acids is 2. The quantitative estimate of drug-likeness (QED) is 0.456. The molecule has 0 unspecified atom stereocenters. The molecule has 1 aromatic carbocycles. The Morgan fingerprint density at radius 2 is 1.91 bits per heavy atom. The number of pyridine rings is 1. The Morgan fingerprint density at radius 3 is 2.56 bits per heavy atom. The Hall–Kier alpha value is -3.82. The summed E-state index contributed by atoms with van der Waals surface area (Å²) in [5.74, 6) is -2.35. The van der Waals surface area contributed by atoms with Crippen LogP contribution in [-0.4, -0.2) is 32.5 Å². The van der Waals surface area contributed by atoms with Crippen LogP contribution in [-0.2, 0) is 18.3 Å². The molecule has 3 aromatic rings. The molecular weight excluding hydrogens is 419 g/mol. The number of fused-ring (bicyclic) bond motifs is 1. The number of anilines is 1. The van der Waals surface area contributed by atoms with Gasteiger partial charge in [-0.2, -0.15) is 0 Å². The van der Waals surface area contributed by atoms with Crippen LogP contribution in [0.15, 0.2) is 33.9 Å². The van der Waals surface area contributed by atoms with Crippen LogP contribution in [0.2, 0.25) is 0 Å². The third kappa shape index (κ3) is 4.29. The number of hydrogen-bond donors (Lipinski definition) is 1. The van der Waals surface area contributed by atoms with Gasteiger partial charge in [-0.15, -0.1) is 0 Å². The molecule has 9 nitrogen and oxygen atoms in total. The summed E-state index contributed by atoms with van der Waals surface area (Å²) >= 11 is 0. The lowest BCUT2D eigenvalue weighted by molar-refractivity contribution is 0.0473. The van der Waals surface area contributed by atoms with Crippen LogP contribution in [0.3, 0.4) is 0 Å². The maximum atomic E-state index is 13.4. The Bertz CT molecular complexity index is 1360. The molecule has 0 atom stereocenters. The first-order chi connectivity index (χ1) is 15.0. The number of rotatable bonds is 6. The van der Waals surface area contributed by atoms with Gasteiger partial charge in [0, 0.05) is 25.0 Å². The van der Waals surface area contributed by atoms with Gasteiger partial charge in [0.2, 0.25) is 5.78 Å². The predicted molar refractivity (Wildman–Crippen MR) is 116 cm³/mol. The second kappa shape index (κ2) is 8.74. The number of Topliss-reactive ketones (excluding diaryl/α,β-unsaturated/α-hetero) is 1. The van der Waals surface area contributed by atoms with Gasteiger partial charge in [-0.1, -0.05) is 13.8 Å². The Balaban J connectivity index is 1.88. The number of nitrogens with zero attached hydrogens (tertiary/aromatic N) is 3. The van der Waals surface area contributed by atoms with Crippen molar-refractivity contribution in [2.75, 3.05) is 12.3 Å². The van der Waals surface area contributed by atoms with E-state index in [1.807, 2.05) is 13.8 Å². The molecule has 0 saturated carbocycles. The molecule has 0 saturated heterocycles. The summed E-state index contributed by atoms with van der Waals surface area (Å²) in [6, 6.07) is 5.44. The van der Waals surface area contributed by atoms with Crippen molar-refractivity contribution in [2.45, 2.75) is 27.3 Å². The van der Waals surface area contributed by atoms with Gasteiger partial charge in [0.1, 0.15) is 17.2 Å². The fourth-order valence-corrected chi connectivity index (χ4v) is 3.31. The molecule has 32 heavy (non-hydrogen) atoms. The van der Waals surface area contributed by atoms with E-state index >= 15 is 0 Å². The van der Waals surface area contributed by atoms with E-state index in [0.717, 1.165) is 9.13 Å². The predicted octanol–water partition coefficient (Wildman–Crippen LogP) is 1.82. The minimum absolute atomic E-state index is 0.0325. The SMILES string of the molecule is Cc1nc2cc(F)ccc2cc1C(=O)OCC(=O)c1c(N)n(CC(C)C)c(=O)n(C)c1=O. The molecule has 0 spiro atoms. The lowest BCUT2D eigenvalue weighted by Crippen LogP contribution is -2.43. The largest absolute Gasteiger partial charge is 0.454 e. The van der Waals surface area contributed by atoms with Gasteiger partial charge in [0.05, 0.1) is 16.8 Å². The van der Waals surface area contributed by atoms with E-state index in [9.17, 15) is 23.6 Å². The highest BCUT2D eigenvalue weighted by Crippen LogP contribution is 2.19. The van der Waals surface area contributed by atoms with E-state index < -0.39 is 41.0 Å². The van der Waals surface area contributed by atoms with Crippen molar-refractivity contribution in [3.63, 3.8) is 0 Å². The van der Waals surface area contributed by atoms with Crippen molar-refractivity contribution in [2.24, 2.45) is 13.0 Å². The summed E-state index contributed by atoms with van der Waals surface area (Å²) in [6.07, 6.45) is 0. The van der Waals surface area contributed by atoms with E-state index in [1.54, 1.807) is 6.92 Å². The van der Waals surface area contributed by atoms with E-state index in [0.29, 0.717) is 16.6 Å². The van der Waals surface area contributed by atoms with Crippen molar-refractivity contribution in [1.82, 2.24) is 14.1 Å². The third-order valence-corrected chi connectivity index (χ3v) is 4.93. The van der Waals surface area contributed by atoms with Gasteiger partial charge in [0.25, 0.3) is 5.56 Å². The lowest BCUT2D eigenvalue weighted by Gasteiger charge is -2.16. The number of carbonyl (C=O) groups is 2. The number of benzene rings is 1. The van der Waals surface area contributed by atoms with Gasteiger partial charge in [0.15, 0.2) is 6.61 Å². The number of ketones is 1. The van der Waals surface area contributed by atoms with Crippen LogP contribution in [0.4, 0.5) is 10.2 Å².